The third kappa shape index (κ3) is 2.26. The maximum atomic E-state index is 13.7. The first kappa shape index (κ1) is 12.3. The van der Waals surface area contributed by atoms with Crippen LogP contribution in [0.25, 0.3) is 0 Å². The molecule has 18 heavy (non-hydrogen) atoms. The van der Waals surface area contributed by atoms with E-state index in [1.807, 2.05) is 0 Å². The van der Waals surface area contributed by atoms with Gasteiger partial charge in [0.25, 0.3) is 0 Å². The lowest BCUT2D eigenvalue weighted by Crippen LogP contribution is -2.09. The van der Waals surface area contributed by atoms with Crippen LogP contribution >= 0.6 is 0 Å². The summed E-state index contributed by atoms with van der Waals surface area (Å²) in [5, 5.41) is 0. The number of rotatable bonds is 3. The SMILES string of the molecule is Cc1c(Oc2ccccc2F)ccc(NN)c1F. The highest BCUT2D eigenvalue weighted by molar-refractivity contribution is 5.52. The Bertz CT molecular complexity index is 573. The molecule has 0 saturated carbocycles. The van der Waals surface area contributed by atoms with Crippen LogP contribution in [0.3, 0.4) is 0 Å². The van der Waals surface area contributed by atoms with Crippen molar-refractivity contribution in [2.24, 2.45) is 5.84 Å². The molecule has 2 aromatic carbocycles. The van der Waals surface area contributed by atoms with Crippen molar-refractivity contribution in [1.29, 1.82) is 0 Å². The second-order valence-electron chi connectivity index (χ2n) is 3.73. The van der Waals surface area contributed by atoms with E-state index in [0.29, 0.717) is 0 Å². The molecule has 0 aliphatic carbocycles. The van der Waals surface area contributed by atoms with Crippen LogP contribution in [0.4, 0.5) is 14.5 Å². The zero-order chi connectivity index (χ0) is 13.1. The number of para-hydroxylation sites is 1. The molecule has 94 valence electrons. The number of nitrogens with one attached hydrogen (secondary N) is 1. The molecule has 0 unspecified atom stereocenters. The highest BCUT2D eigenvalue weighted by Gasteiger charge is 2.12. The molecule has 3 N–H and O–H groups in total. The van der Waals surface area contributed by atoms with Gasteiger partial charge in [0.2, 0.25) is 0 Å². The normalized spacial score (nSPS) is 10.2. The van der Waals surface area contributed by atoms with Crippen molar-refractivity contribution in [3.05, 3.63) is 53.6 Å². The Balaban J connectivity index is 2.36. The minimum Gasteiger partial charge on any atom is -0.454 e. The molecule has 2 rings (SSSR count). The Kier molecular flexibility index (Phi) is 3.43. The Morgan fingerprint density at radius 2 is 1.78 bits per heavy atom. The second kappa shape index (κ2) is 5.01. The number of nitrogens with two attached hydrogens (primary N) is 1. The number of hydrogen-bond donors (Lipinski definition) is 2. The predicted octanol–water partition coefficient (Wildman–Crippen LogP) is 3.35. The van der Waals surface area contributed by atoms with Gasteiger partial charge in [-0.2, -0.15) is 0 Å². The van der Waals surface area contributed by atoms with Gasteiger partial charge in [-0.15, -0.1) is 0 Å². The molecule has 0 saturated heterocycles. The van der Waals surface area contributed by atoms with Gasteiger partial charge in [0.15, 0.2) is 17.4 Å². The van der Waals surface area contributed by atoms with Crippen molar-refractivity contribution in [3.63, 3.8) is 0 Å². The molecule has 0 spiro atoms. The Labute approximate surface area is 103 Å². The quantitative estimate of drug-likeness (QED) is 0.648. The van der Waals surface area contributed by atoms with Crippen LogP contribution in [0.5, 0.6) is 11.5 Å². The highest BCUT2D eigenvalue weighted by atomic mass is 19.1. The highest BCUT2D eigenvalue weighted by Crippen LogP contribution is 2.31. The van der Waals surface area contributed by atoms with Crippen molar-refractivity contribution in [3.8, 4) is 11.5 Å². The van der Waals surface area contributed by atoms with Gasteiger partial charge in [-0.1, -0.05) is 12.1 Å². The van der Waals surface area contributed by atoms with Gasteiger partial charge < -0.3 is 10.2 Å². The summed E-state index contributed by atoms with van der Waals surface area (Å²) in [4.78, 5) is 0. The third-order valence-corrected chi connectivity index (χ3v) is 2.55. The van der Waals surface area contributed by atoms with Crippen LogP contribution in [-0.2, 0) is 0 Å². The number of hydrazine groups is 1. The van der Waals surface area contributed by atoms with Gasteiger partial charge in [0, 0.05) is 5.56 Å². The molecular weight excluding hydrogens is 238 g/mol. The summed E-state index contributed by atoms with van der Waals surface area (Å²) in [5.74, 6) is 4.43. The molecule has 0 aliphatic rings. The molecule has 0 aliphatic heterocycles. The summed E-state index contributed by atoms with van der Waals surface area (Å²) >= 11 is 0. The summed E-state index contributed by atoms with van der Waals surface area (Å²) in [6.45, 7) is 1.53. The van der Waals surface area contributed by atoms with E-state index in [1.54, 1.807) is 12.1 Å². The lowest BCUT2D eigenvalue weighted by Gasteiger charge is -2.12. The molecule has 0 bridgehead atoms. The third-order valence-electron chi connectivity index (χ3n) is 2.55. The first-order valence-electron chi connectivity index (χ1n) is 5.31. The van der Waals surface area contributed by atoms with Crippen LogP contribution in [0.15, 0.2) is 36.4 Å². The largest absolute Gasteiger partial charge is 0.454 e. The summed E-state index contributed by atoms with van der Waals surface area (Å²) in [7, 11) is 0. The van der Waals surface area contributed by atoms with Crippen LogP contribution in [0, 0.1) is 18.6 Å². The van der Waals surface area contributed by atoms with E-state index in [-0.39, 0.29) is 22.7 Å². The fraction of sp³-hybridized carbons (Fsp3) is 0.0769. The predicted molar refractivity (Wildman–Crippen MR) is 65.4 cm³/mol. The standard InChI is InChI=1S/C13H12F2N2O/c1-8-11(7-6-10(17-16)13(8)15)18-12-5-3-2-4-9(12)14/h2-7,17H,16H2,1H3. The van der Waals surface area contributed by atoms with E-state index in [4.69, 9.17) is 10.6 Å². The van der Waals surface area contributed by atoms with E-state index < -0.39 is 11.6 Å². The monoisotopic (exact) mass is 250 g/mol. The Morgan fingerprint density at radius 1 is 1.06 bits per heavy atom. The van der Waals surface area contributed by atoms with Gasteiger partial charge >= 0.3 is 0 Å². The van der Waals surface area contributed by atoms with E-state index in [0.717, 1.165) is 0 Å². The number of hydrogen-bond acceptors (Lipinski definition) is 3. The van der Waals surface area contributed by atoms with Crippen LogP contribution in [0.2, 0.25) is 0 Å². The molecule has 0 heterocycles. The number of anilines is 1. The molecular formula is C13H12F2N2O. The van der Waals surface area contributed by atoms with Crippen LogP contribution < -0.4 is 16.0 Å². The zero-order valence-corrected chi connectivity index (χ0v) is 9.71. The zero-order valence-electron chi connectivity index (χ0n) is 9.71. The molecule has 2 aromatic rings. The van der Waals surface area contributed by atoms with Crippen LogP contribution in [-0.4, -0.2) is 0 Å². The Morgan fingerprint density at radius 3 is 2.44 bits per heavy atom. The molecule has 0 amide bonds. The van der Waals surface area contributed by atoms with Crippen molar-refractivity contribution < 1.29 is 13.5 Å². The van der Waals surface area contributed by atoms with Gasteiger partial charge in [-0.3, -0.25) is 5.84 Å². The maximum absolute atomic E-state index is 13.7. The Hall–Kier alpha value is -2.14. The fourth-order valence-corrected chi connectivity index (χ4v) is 1.54. The average Bonchev–Trinajstić information content (AvgIpc) is 2.38. The molecule has 0 atom stereocenters. The first-order valence-corrected chi connectivity index (χ1v) is 5.31. The first-order chi connectivity index (χ1) is 8.63. The molecule has 0 fully saturated rings. The smallest absolute Gasteiger partial charge is 0.165 e. The van der Waals surface area contributed by atoms with Gasteiger partial charge in [0.1, 0.15) is 5.75 Å². The summed E-state index contributed by atoms with van der Waals surface area (Å²) in [5.41, 5.74) is 2.65. The number of halogens is 2. The van der Waals surface area contributed by atoms with Crippen LogP contribution in [0.1, 0.15) is 5.56 Å². The van der Waals surface area contributed by atoms with E-state index in [2.05, 4.69) is 5.43 Å². The summed E-state index contributed by atoms with van der Waals surface area (Å²) < 4.78 is 32.5. The molecule has 0 aromatic heterocycles. The van der Waals surface area contributed by atoms with Gasteiger partial charge in [-0.05, 0) is 31.2 Å². The van der Waals surface area contributed by atoms with Crippen molar-refractivity contribution >= 4 is 5.69 Å². The van der Waals surface area contributed by atoms with E-state index in [9.17, 15) is 8.78 Å². The topological polar surface area (TPSA) is 47.3 Å². The van der Waals surface area contributed by atoms with E-state index in [1.165, 1.54) is 31.2 Å². The fourth-order valence-electron chi connectivity index (χ4n) is 1.54. The minimum absolute atomic E-state index is 0.0495. The lowest BCUT2D eigenvalue weighted by atomic mass is 10.2. The summed E-state index contributed by atoms with van der Waals surface area (Å²) in [6, 6.07) is 8.90. The van der Waals surface area contributed by atoms with Gasteiger partial charge in [0.05, 0.1) is 5.69 Å². The van der Waals surface area contributed by atoms with E-state index >= 15 is 0 Å². The molecule has 0 radical (unpaired) electrons. The number of nitrogen functional groups attached to an aromatic ring is 1. The van der Waals surface area contributed by atoms with Crippen molar-refractivity contribution in [2.45, 2.75) is 6.92 Å². The number of benzene rings is 2. The molecule has 3 nitrogen and oxygen atoms in total. The average molecular weight is 250 g/mol. The lowest BCUT2D eigenvalue weighted by molar-refractivity contribution is 0.435. The van der Waals surface area contributed by atoms with Crippen molar-refractivity contribution in [2.75, 3.05) is 5.43 Å². The number of ether oxygens (including phenoxy) is 1. The van der Waals surface area contributed by atoms with Crippen molar-refractivity contribution in [1.82, 2.24) is 0 Å². The molecule has 5 heteroatoms. The minimum atomic E-state index is -0.522. The van der Waals surface area contributed by atoms with Gasteiger partial charge in [-0.25, -0.2) is 8.78 Å². The maximum Gasteiger partial charge on any atom is 0.165 e. The second-order valence-corrected chi connectivity index (χ2v) is 3.73. The summed E-state index contributed by atoms with van der Waals surface area (Å²) in [6.07, 6.45) is 0.